The highest BCUT2D eigenvalue weighted by Gasteiger charge is 2.74. The molecule has 0 radical (unpaired) electrons. The first kappa shape index (κ1) is 24.8. The van der Waals surface area contributed by atoms with E-state index in [1.807, 2.05) is 99.1 Å². The first-order valence-corrected chi connectivity index (χ1v) is 21.3. The van der Waals surface area contributed by atoms with E-state index < -0.39 is 0 Å². The summed E-state index contributed by atoms with van der Waals surface area (Å²) < 4.78 is 0. The van der Waals surface area contributed by atoms with Crippen LogP contribution in [-0.2, 0) is 10.8 Å². The number of nitrogens with zero attached hydrogens (tertiary/aromatic N) is 1. The molecule has 1 heterocycles. The Hall–Kier alpha value is -3.42. The molecule has 5 aromatic rings. The lowest BCUT2D eigenvalue weighted by molar-refractivity contribution is 0.165. The number of hydrogen-bond acceptors (Lipinski definition) is 1. The van der Waals surface area contributed by atoms with E-state index in [-0.39, 0.29) is 10.8 Å². The minimum absolute atomic E-state index is 0.190. The standard InChI is InChI=1S/C50H41N/c1-18-3-5-19(6-4-18)48-50-16-14-27-25-12-10-23-21-8-7-20-22-9-11-24-26-13-15-49(50,17-51(48)2)46-34(26)38-32(24)30(22)36-28(20)29(21)37-31(23)33(25)39-35(27)47(50)45(46)44-42(38)40(36)41(37)43(39)44/h3-6,9,11,20-27,30,32,48H,7-8,10,12-17H2,1-2H3. The van der Waals surface area contributed by atoms with Crippen molar-refractivity contribution >= 4 is 32.3 Å². The van der Waals surface area contributed by atoms with E-state index in [4.69, 9.17) is 0 Å². The van der Waals surface area contributed by atoms with Crippen LogP contribution in [0.1, 0.15) is 172 Å². The number of likely N-dealkylation sites (tertiary alicyclic amines) is 1. The topological polar surface area (TPSA) is 3.24 Å². The van der Waals surface area contributed by atoms with Crippen molar-refractivity contribution in [2.75, 3.05) is 13.6 Å². The molecule has 1 saturated heterocycles. The second-order valence-electron chi connectivity index (χ2n) is 20.8. The molecule has 13 atom stereocenters. The van der Waals surface area contributed by atoms with Crippen LogP contribution in [0.4, 0.5) is 0 Å². The third kappa shape index (κ3) is 1.89. The highest BCUT2D eigenvalue weighted by molar-refractivity contribution is 6.39. The van der Waals surface area contributed by atoms with E-state index in [9.17, 15) is 0 Å². The second-order valence-corrected chi connectivity index (χ2v) is 20.8. The summed E-state index contributed by atoms with van der Waals surface area (Å²) in [5.74, 6) is 7.59. The van der Waals surface area contributed by atoms with Crippen molar-refractivity contribution in [2.24, 2.45) is 11.8 Å². The van der Waals surface area contributed by atoms with Crippen molar-refractivity contribution in [2.45, 2.75) is 123 Å². The van der Waals surface area contributed by atoms with Crippen LogP contribution in [0.15, 0.2) is 36.4 Å². The largest absolute Gasteiger partial charge is 0.298 e. The Kier molecular flexibility index (Phi) is 3.28. The number of hydrogen-bond donors (Lipinski definition) is 0. The van der Waals surface area contributed by atoms with Gasteiger partial charge in [-0.15, -0.1) is 0 Å². The van der Waals surface area contributed by atoms with Gasteiger partial charge in [-0.1, -0.05) is 42.0 Å². The van der Waals surface area contributed by atoms with Gasteiger partial charge in [-0.05, 0) is 229 Å². The Morgan fingerprint density at radius 3 is 1.86 bits per heavy atom. The van der Waals surface area contributed by atoms with Gasteiger partial charge >= 0.3 is 0 Å². The zero-order chi connectivity index (χ0) is 32.1. The second kappa shape index (κ2) is 6.77. The van der Waals surface area contributed by atoms with E-state index in [0.29, 0.717) is 6.04 Å². The molecule has 1 nitrogen and oxygen atoms in total. The Morgan fingerprint density at radius 1 is 0.529 bits per heavy atom. The maximum atomic E-state index is 2.91. The third-order valence-corrected chi connectivity index (χ3v) is 20.3. The van der Waals surface area contributed by atoms with Gasteiger partial charge in [0.05, 0.1) is 0 Å². The zero-order valence-electron chi connectivity index (χ0n) is 29.6. The number of rotatable bonds is 1. The summed E-state index contributed by atoms with van der Waals surface area (Å²) in [6.07, 6.45) is 17.2. The molecular formula is C50H41N. The summed E-state index contributed by atoms with van der Waals surface area (Å²) >= 11 is 0. The van der Waals surface area contributed by atoms with Crippen LogP contribution in [0.25, 0.3) is 43.4 Å². The average molecular weight is 656 g/mol. The molecule has 1 fully saturated rings. The smallest absolute Gasteiger partial charge is 0.0451 e. The van der Waals surface area contributed by atoms with Crippen molar-refractivity contribution in [3.63, 3.8) is 0 Å². The lowest BCUT2D eigenvalue weighted by atomic mass is 9.50. The van der Waals surface area contributed by atoms with Crippen molar-refractivity contribution in [3.05, 3.63) is 103 Å². The van der Waals surface area contributed by atoms with Crippen LogP contribution in [-0.4, -0.2) is 18.5 Å². The number of benzene rings is 5. The predicted octanol–water partition coefficient (Wildman–Crippen LogP) is 11.3. The monoisotopic (exact) mass is 655 g/mol. The summed E-state index contributed by atoms with van der Waals surface area (Å²) in [5.41, 5.74) is 26.7. The molecule has 0 N–H and O–H groups in total. The lowest BCUT2D eigenvalue weighted by Crippen LogP contribution is -2.50. The van der Waals surface area contributed by atoms with Crippen LogP contribution < -0.4 is 0 Å². The highest BCUT2D eigenvalue weighted by atomic mass is 15.2. The van der Waals surface area contributed by atoms with E-state index >= 15 is 0 Å². The number of fused-ring (bicyclic) bond motifs is 4. The molecular weight excluding hydrogens is 615 g/mol. The molecule has 12 aliphatic carbocycles. The van der Waals surface area contributed by atoms with Gasteiger partial charge in [-0.3, -0.25) is 4.90 Å². The van der Waals surface area contributed by atoms with Crippen LogP contribution in [0, 0.1) is 18.8 Å². The fraction of sp³-hybridized carbons (Fsp3) is 0.480. The average Bonchev–Trinajstić information content (AvgIpc) is 3.98. The lowest BCUT2D eigenvalue weighted by Gasteiger charge is -2.51. The summed E-state index contributed by atoms with van der Waals surface area (Å²) in [7, 11) is 2.54. The molecule has 5 aromatic carbocycles. The molecule has 2 spiro atoms. The first-order valence-electron chi connectivity index (χ1n) is 21.3. The van der Waals surface area contributed by atoms with E-state index in [1.165, 1.54) is 63.5 Å². The van der Waals surface area contributed by atoms with Crippen molar-refractivity contribution in [1.82, 2.24) is 4.90 Å². The molecule has 18 rings (SSSR count). The maximum absolute atomic E-state index is 2.91. The van der Waals surface area contributed by atoms with Crippen molar-refractivity contribution in [3.8, 4) is 11.1 Å². The van der Waals surface area contributed by atoms with Gasteiger partial charge in [0.25, 0.3) is 0 Å². The summed E-state index contributed by atoms with van der Waals surface area (Å²) in [5, 5.41) is 11.2. The van der Waals surface area contributed by atoms with E-state index in [2.05, 4.69) is 55.3 Å². The Bertz CT molecular complexity index is 2850. The molecule has 1 aliphatic heterocycles. The fourth-order valence-electron chi connectivity index (χ4n) is 19.9. The van der Waals surface area contributed by atoms with Gasteiger partial charge in [-0.2, -0.15) is 0 Å². The summed E-state index contributed by atoms with van der Waals surface area (Å²) in [6.45, 7) is 3.53. The molecule has 0 bridgehead atoms. The third-order valence-electron chi connectivity index (χ3n) is 20.3. The maximum Gasteiger partial charge on any atom is 0.0451 e. The van der Waals surface area contributed by atoms with Gasteiger partial charge in [0, 0.05) is 23.4 Å². The quantitative estimate of drug-likeness (QED) is 0.126. The summed E-state index contributed by atoms with van der Waals surface area (Å²) in [4.78, 5) is 2.91. The van der Waals surface area contributed by atoms with Crippen molar-refractivity contribution < 1.29 is 0 Å². The molecule has 13 aliphatic rings. The normalized spacial score (nSPS) is 44.5. The van der Waals surface area contributed by atoms with E-state index in [0.717, 1.165) is 59.2 Å². The van der Waals surface area contributed by atoms with Gasteiger partial charge in [0.2, 0.25) is 0 Å². The zero-order valence-corrected chi connectivity index (χ0v) is 29.6. The molecule has 1 heteroatoms. The molecule has 13 unspecified atom stereocenters. The molecule has 0 saturated carbocycles. The fourth-order valence-corrected chi connectivity index (χ4v) is 19.9. The Morgan fingerprint density at radius 2 is 1.12 bits per heavy atom. The highest BCUT2D eigenvalue weighted by Crippen LogP contribution is 2.85. The molecule has 51 heavy (non-hydrogen) atoms. The molecule has 0 aromatic heterocycles. The number of allylic oxidation sites excluding steroid dienone is 2. The first-order chi connectivity index (χ1) is 25.1. The van der Waals surface area contributed by atoms with Gasteiger partial charge < -0.3 is 0 Å². The van der Waals surface area contributed by atoms with Gasteiger partial charge in [-0.25, -0.2) is 0 Å². The van der Waals surface area contributed by atoms with Crippen LogP contribution in [0.5, 0.6) is 0 Å². The van der Waals surface area contributed by atoms with Crippen molar-refractivity contribution in [1.29, 1.82) is 0 Å². The minimum Gasteiger partial charge on any atom is -0.298 e. The minimum atomic E-state index is 0.190. The van der Waals surface area contributed by atoms with Gasteiger partial charge in [0.1, 0.15) is 0 Å². The Labute approximate surface area is 298 Å². The predicted molar refractivity (Wildman–Crippen MR) is 203 cm³/mol. The molecule has 0 amide bonds. The van der Waals surface area contributed by atoms with Crippen LogP contribution in [0.2, 0.25) is 0 Å². The van der Waals surface area contributed by atoms with Crippen LogP contribution >= 0.6 is 0 Å². The van der Waals surface area contributed by atoms with E-state index in [1.54, 1.807) is 5.56 Å². The number of likely N-dealkylation sites (N-methyl/N-ethyl adjacent to an activating group) is 1. The number of aryl methyl sites for hydroxylation is 1. The summed E-state index contributed by atoms with van der Waals surface area (Å²) in [6, 6.07) is 10.4. The van der Waals surface area contributed by atoms with Crippen LogP contribution in [0.3, 0.4) is 0 Å². The molecule has 246 valence electrons. The Balaban J connectivity index is 1.15. The van der Waals surface area contributed by atoms with Gasteiger partial charge in [0.15, 0.2) is 0 Å². The SMILES string of the molecule is Cc1ccc(C2N(C)CC34CCC5c6c7c8c9c(c63)c3c6c%10c%11c%12c%13c%14c%15c(c-8c%13c%109)C8C(C=CC5C78)C%15CCC%14C%12CCC%11C6CCC324)cc1.